The number of nitrogens with one attached hydrogen (secondary N) is 1. The monoisotopic (exact) mass is 375 g/mol. The molecule has 0 fully saturated rings. The molecule has 1 N–H and O–H groups in total. The van der Waals surface area contributed by atoms with Crippen LogP contribution in [0, 0.1) is 0 Å². The van der Waals surface area contributed by atoms with Crippen LogP contribution in [0.2, 0.25) is 5.15 Å². The first-order chi connectivity index (χ1) is 12.1. The van der Waals surface area contributed by atoms with Gasteiger partial charge in [-0.15, -0.1) is 11.3 Å². The average molecular weight is 376 g/mol. The highest BCUT2D eigenvalue weighted by Gasteiger charge is 2.19. The van der Waals surface area contributed by atoms with Crippen LogP contribution in [0.15, 0.2) is 42.7 Å². The molecule has 0 aliphatic rings. The molecular weight excluding hydrogens is 362 g/mol. The normalized spacial score (nSPS) is 10.4. The van der Waals surface area contributed by atoms with Gasteiger partial charge >= 0.3 is 0 Å². The summed E-state index contributed by atoms with van der Waals surface area (Å²) in [5, 5.41) is 3.56. The number of nitrogens with zero attached hydrogens (tertiary/aromatic N) is 2. The fourth-order valence-electron chi connectivity index (χ4n) is 2.14. The summed E-state index contributed by atoms with van der Waals surface area (Å²) in [6.45, 7) is 0. The quantitative estimate of drug-likeness (QED) is 0.725. The van der Waals surface area contributed by atoms with Crippen LogP contribution in [0.5, 0.6) is 11.5 Å². The minimum Gasteiger partial charge on any atom is -0.497 e. The molecule has 0 saturated carbocycles. The van der Waals surface area contributed by atoms with Gasteiger partial charge in [0.05, 0.1) is 19.9 Å². The zero-order valence-electron chi connectivity index (χ0n) is 13.4. The van der Waals surface area contributed by atoms with Crippen molar-refractivity contribution in [2.75, 3.05) is 19.5 Å². The summed E-state index contributed by atoms with van der Waals surface area (Å²) >= 11 is 7.34. The molecule has 0 radical (unpaired) electrons. The number of carbonyl (C=O) groups excluding carboxylic acids is 1. The largest absolute Gasteiger partial charge is 0.497 e. The number of thiazole rings is 1. The molecular formula is C17H14ClN3O3S. The summed E-state index contributed by atoms with van der Waals surface area (Å²) in [4.78, 5) is 21.2. The molecule has 0 atom stereocenters. The Balaban J connectivity index is 1.86. The molecule has 3 aromatic rings. The predicted octanol–water partition coefficient (Wildman–Crippen LogP) is 4.13. The van der Waals surface area contributed by atoms with Crippen LogP contribution in [0.25, 0.3) is 10.6 Å². The summed E-state index contributed by atoms with van der Waals surface area (Å²) in [5.41, 5.74) is 1.32. The number of aromatic nitrogens is 2. The molecule has 25 heavy (non-hydrogen) atoms. The maximum Gasteiger partial charge on any atom is 0.269 e. The van der Waals surface area contributed by atoms with Gasteiger partial charge in [0.2, 0.25) is 0 Å². The lowest BCUT2D eigenvalue weighted by Gasteiger charge is -2.11. The zero-order valence-corrected chi connectivity index (χ0v) is 15.0. The molecule has 0 aliphatic heterocycles. The van der Waals surface area contributed by atoms with Crippen LogP contribution < -0.4 is 14.8 Å². The number of carbonyl (C=O) groups is 1. The van der Waals surface area contributed by atoms with Crippen molar-refractivity contribution in [3.05, 3.63) is 52.8 Å². The summed E-state index contributed by atoms with van der Waals surface area (Å²) in [6.07, 6.45) is 3.34. The Bertz CT molecular complexity index is 899. The number of halogens is 1. The van der Waals surface area contributed by atoms with Crippen molar-refractivity contribution >= 4 is 34.5 Å². The van der Waals surface area contributed by atoms with E-state index >= 15 is 0 Å². The molecule has 0 aliphatic carbocycles. The van der Waals surface area contributed by atoms with Gasteiger partial charge in [-0.3, -0.25) is 9.78 Å². The molecule has 2 aromatic heterocycles. The Kier molecular flexibility index (Phi) is 5.16. The van der Waals surface area contributed by atoms with E-state index in [0.717, 1.165) is 5.56 Å². The van der Waals surface area contributed by atoms with E-state index in [9.17, 15) is 4.79 Å². The van der Waals surface area contributed by atoms with Gasteiger partial charge in [0.15, 0.2) is 5.15 Å². The van der Waals surface area contributed by atoms with Crippen LogP contribution in [0.4, 0.5) is 5.69 Å². The molecule has 1 amide bonds. The van der Waals surface area contributed by atoms with Gasteiger partial charge in [-0.25, -0.2) is 4.98 Å². The minimum absolute atomic E-state index is 0.147. The number of anilines is 1. The lowest BCUT2D eigenvalue weighted by atomic mass is 10.2. The molecule has 0 unspecified atom stereocenters. The third kappa shape index (κ3) is 3.72. The Morgan fingerprint density at radius 3 is 2.76 bits per heavy atom. The number of ether oxygens (including phenoxy) is 2. The number of hydrogen-bond donors (Lipinski definition) is 1. The third-order valence-corrected chi connectivity index (χ3v) is 4.85. The highest BCUT2D eigenvalue weighted by Crippen LogP contribution is 2.33. The number of amides is 1. The van der Waals surface area contributed by atoms with Crippen LogP contribution in [-0.4, -0.2) is 30.1 Å². The van der Waals surface area contributed by atoms with E-state index in [4.69, 9.17) is 21.1 Å². The number of benzene rings is 1. The van der Waals surface area contributed by atoms with Crippen molar-refractivity contribution in [3.63, 3.8) is 0 Å². The molecule has 0 spiro atoms. The van der Waals surface area contributed by atoms with Crippen LogP contribution in [0.1, 0.15) is 9.67 Å². The van der Waals surface area contributed by atoms with Gasteiger partial charge in [0.1, 0.15) is 21.4 Å². The average Bonchev–Trinajstić information content (AvgIpc) is 3.04. The second kappa shape index (κ2) is 7.50. The number of rotatable bonds is 5. The topological polar surface area (TPSA) is 73.3 Å². The van der Waals surface area contributed by atoms with E-state index in [-0.39, 0.29) is 11.1 Å². The highest BCUT2D eigenvalue weighted by atomic mass is 35.5. The van der Waals surface area contributed by atoms with Crippen LogP contribution >= 0.6 is 22.9 Å². The third-order valence-electron chi connectivity index (χ3n) is 3.36. The van der Waals surface area contributed by atoms with E-state index < -0.39 is 0 Å². The van der Waals surface area contributed by atoms with Gasteiger partial charge in [-0.1, -0.05) is 11.6 Å². The standard InChI is InChI=1S/C17H14ClN3O3S/c1-23-11-5-6-12(13(8-11)24-2)20-16(22)14-15(18)21-17(25-14)10-4-3-7-19-9-10/h3-9H,1-2H3,(H,20,22). The summed E-state index contributed by atoms with van der Waals surface area (Å²) in [7, 11) is 3.08. The fraction of sp³-hybridized carbons (Fsp3) is 0.118. The zero-order chi connectivity index (χ0) is 17.8. The van der Waals surface area contributed by atoms with E-state index in [1.54, 1.807) is 43.8 Å². The first-order valence-electron chi connectivity index (χ1n) is 7.22. The van der Waals surface area contributed by atoms with Crippen LogP contribution in [-0.2, 0) is 0 Å². The van der Waals surface area contributed by atoms with Crippen molar-refractivity contribution in [2.24, 2.45) is 0 Å². The maximum atomic E-state index is 12.6. The second-order valence-corrected chi connectivity index (χ2v) is 6.26. The van der Waals surface area contributed by atoms with Crippen molar-refractivity contribution in [1.82, 2.24) is 9.97 Å². The minimum atomic E-state index is -0.360. The molecule has 6 nitrogen and oxygen atoms in total. The lowest BCUT2D eigenvalue weighted by Crippen LogP contribution is -2.11. The van der Waals surface area contributed by atoms with Gasteiger partial charge in [-0.2, -0.15) is 0 Å². The second-order valence-electron chi connectivity index (χ2n) is 4.90. The SMILES string of the molecule is COc1ccc(NC(=O)c2sc(-c3cccnc3)nc2Cl)c(OC)c1. The molecule has 128 valence electrons. The molecule has 2 heterocycles. The lowest BCUT2D eigenvalue weighted by molar-refractivity contribution is 0.103. The molecule has 0 saturated heterocycles. The fourth-order valence-corrected chi connectivity index (χ4v) is 3.31. The van der Waals surface area contributed by atoms with Crippen molar-refractivity contribution in [1.29, 1.82) is 0 Å². The van der Waals surface area contributed by atoms with Crippen molar-refractivity contribution in [3.8, 4) is 22.1 Å². The van der Waals surface area contributed by atoms with E-state index in [1.807, 2.05) is 6.07 Å². The summed E-state index contributed by atoms with van der Waals surface area (Å²) in [5.74, 6) is 0.756. The van der Waals surface area contributed by atoms with Crippen molar-refractivity contribution < 1.29 is 14.3 Å². The van der Waals surface area contributed by atoms with Crippen molar-refractivity contribution in [2.45, 2.75) is 0 Å². The highest BCUT2D eigenvalue weighted by molar-refractivity contribution is 7.17. The predicted molar refractivity (Wildman–Crippen MR) is 97.9 cm³/mol. The van der Waals surface area contributed by atoms with E-state index in [1.165, 1.54) is 18.4 Å². The molecule has 1 aromatic carbocycles. The molecule has 8 heteroatoms. The Morgan fingerprint density at radius 1 is 1.24 bits per heavy atom. The smallest absolute Gasteiger partial charge is 0.269 e. The van der Waals surface area contributed by atoms with Crippen LogP contribution in [0.3, 0.4) is 0 Å². The maximum absolute atomic E-state index is 12.6. The number of methoxy groups -OCH3 is 2. The van der Waals surface area contributed by atoms with Gasteiger partial charge in [0.25, 0.3) is 5.91 Å². The number of hydrogen-bond acceptors (Lipinski definition) is 6. The van der Waals surface area contributed by atoms with Gasteiger partial charge in [0, 0.05) is 24.0 Å². The Hall–Kier alpha value is -2.64. The Morgan fingerprint density at radius 2 is 2.08 bits per heavy atom. The summed E-state index contributed by atoms with van der Waals surface area (Å²) < 4.78 is 10.4. The first kappa shape index (κ1) is 17.2. The summed E-state index contributed by atoms with van der Waals surface area (Å²) in [6, 6.07) is 8.77. The van der Waals surface area contributed by atoms with Gasteiger partial charge < -0.3 is 14.8 Å². The van der Waals surface area contributed by atoms with E-state index in [2.05, 4.69) is 15.3 Å². The molecule has 3 rings (SSSR count). The van der Waals surface area contributed by atoms with Gasteiger partial charge in [-0.05, 0) is 24.3 Å². The Labute approximate surface area is 153 Å². The first-order valence-corrected chi connectivity index (χ1v) is 8.42. The van der Waals surface area contributed by atoms with E-state index in [0.29, 0.717) is 27.1 Å². The number of pyridine rings is 1. The molecule has 0 bridgehead atoms.